The zero-order valence-electron chi connectivity index (χ0n) is 8.11. The number of rotatable bonds is 3. The van der Waals surface area contributed by atoms with Crippen LogP contribution in [0, 0.1) is 11.8 Å². The summed E-state index contributed by atoms with van der Waals surface area (Å²) in [5.41, 5.74) is 0. The standard InChI is InChI=1S/C9H13NO4/c1-4-8(5(2)11)6(3-7(12)13)9(14)10-4/h4,6,8H,3H2,1-2H3,(H,10,14)(H,12,13)/t4-,6+,8+/m1/s1. The van der Waals surface area contributed by atoms with Crippen molar-refractivity contribution in [3.8, 4) is 0 Å². The lowest BCUT2D eigenvalue weighted by Gasteiger charge is -2.14. The first-order valence-corrected chi connectivity index (χ1v) is 4.46. The fourth-order valence-electron chi connectivity index (χ4n) is 1.98. The lowest BCUT2D eigenvalue weighted by Crippen LogP contribution is -2.29. The van der Waals surface area contributed by atoms with Gasteiger partial charge >= 0.3 is 5.97 Å². The lowest BCUT2D eigenvalue weighted by atomic mass is 9.85. The summed E-state index contributed by atoms with van der Waals surface area (Å²) in [7, 11) is 0. The first-order chi connectivity index (χ1) is 6.43. The van der Waals surface area contributed by atoms with Gasteiger partial charge in [-0.3, -0.25) is 14.4 Å². The van der Waals surface area contributed by atoms with Crippen molar-refractivity contribution < 1.29 is 19.5 Å². The molecular weight excluding hydrogens is 186 g/mol. The van der Waals surface area contributed by atoms with Gasteiger partial charge in [0.1, 0.15) is 5.78 Å². The molecule has 0 bridgehead atoms. The summed E-state index contributed by atoms with van der Waals surface area (Å²) in [6.07, 6.45) is -0.277. The molecule has 1 saturated heterocycles. The van der Waals surface area contributed by atoms with Crippen molar-refractivity contribution in [2.24, 2.45) is 11.8 Å². The van der Waals surface area contributed by atoms with Crippen LogP contribution < -0.4 is 5.32 Å². The highest BCUT2D eigenvalue weighted by molar-refractivity contribution is 5.93. The number of Topliss-reactive ketones (excluding diaryl/α,β-unsaturated/α-hetero) is 1. The van der Waals surface area contributed by atoms with Gasteiger partial charge in [-0.05, 0) is 13.8 Å². The Kier molecular flexibility index (Phi) is 2.88. The van der Waals surface area contributed by atoms with Crippen LogP contribution >= 0.6 is 0 Å². The molecule has 0 aliphatic carbocycles. The van der Waals surface area contributed by atoms with E-state index in [2.05, 4.69) is 5.32 Å². The summed E-state index contributed by atoms with van der Waals surface area (Å²) >= 11 is 0. The third-order valence-electron chi connectivity index (χ3n) is 2.54. The summed E-state index contributed by atoms with van der Waals surface area (Å²) in [5.74, 6) is -2.73. The highest BCUT2D eigenvalue weighted by Crippen LogP contribution is 2.27. The molecule has 0 aromatic rings. The number of ketones is 1. The minimum absolute atomic E-state index is 0.137. The van der Waals surface area contributed by atoms with Gasteiger partial charge < -0.3 is 10.4 Å². The van der Waals surface area contributed by atoms with Crippen LogP contribution in [0.25, 0.3) is 0 Å². The molecule has 2 N–H and O–H groups in total. The number of hydrogen-bond donors (Lipinski definition) is 2. The van der Waals surface area contributed by atoms with Gasteiger partial charge in [-0.1, -0.05) is 0 Å². The van der Waals surface area contributed by atoms with Gasteiger partial charge in [-0.15, -0.1) is 0 Å². The predicted octanol–water partition coefficient (Wildman–Crippen LogP) is -0.199. The molecule has 0 aromatic heterocycles. The maximum atomic E-state index is 11.3. The normalized spacial score (nSPS) is 31.3. The highest BCUT2D eigenvalue weighted by Gasteiger charge is 2.43. The molecular formula is C9H13NO4. The van der Waals surface area contributed by atoms with Crippen molar-refractivity contribution in [3.05, 3.63) is 0 Å². The van der Waals surface area contributed by atoms with Crippen molar-refractivity contribution in [1.29, 1.82) is 0 Å². The third-order valence-corrected chi connectivity index (χ3v) is 2.54. The summed E-state index contributed by atoms with van der Waals surface area (Å²) in [6.45, 7) is 3.10. The molecule has 0 unspecified atom stereocenters. The molecule has 0 radical (unpaired) electrons. The Morgan fingerprint density at radius 3 is 2.50 bits per heavy atom. The van der Waals surface area contributed by atoms with E-state index in [-0.39, 0.29) is 24.2 Å². The molecule has 1 amide bonds. The van der Waals surface area contributed by atoms with E-state index in [1.165, 1.54) is 6.92 Å². The van der Waals surface area contributed by atoms with Crippen molar-refractivity contribution in [2.75, 3.05) is 0 Å². The molecule has 3 atom stereocenters. The maximum Gasteiger partial charge on any atom is 0.304 e. The van der Waals surface area contributed by atoms with Crippen LogP contribution in [-0.2, 0) is 14.4 Å². The molecule has 1 aliphatic rings. The van der Waals surface area contributed by atoms with Crippen LogP contribution in [0.1, 0.15) is 20.3 Å². The van der Waals surface area contributed by atoms with E-state index >= 15 is 0 Å². The van der Waals surface area contributed by atoms with E-state index < -0.39 is 17.8 Å². The smallest absolute Gasteiger partial charge is 0.304 e. The summed E-state index contributed by atoms with van der Waals surface area (Å²) in [6, 6.07) is -0.260. The molecule has 0 saturated carbocycles. The topological polar surface area (TPSA) is 83.5 Å². The van der Waals surface area contributed by atoms with Gasteiger partial charge in [-0.25, -0.2) is 0 Å². The Morgan fingerprint density at radius 2 is 2.07 bits per heavy atom. The molecule has 14 heavy (non-hydrogen) atoms. The van der Waals surface area contributed by atoms with Crippen LogP contribution in [0.15, 0.2) is 0 Å². The number of amides is 1. The summed E-state index contributed by atoms with van der Waals surface area (Å²) in [4.78, 5) is 33.0. The molecule has 5 nitrogen and oxygen atoms in total. The highest BCUT2D eigenvalue weighted by atomic mass is 16.4. The largest absolute Gasteiger partial charge is 0.481 e. The second kappa shape index (κ2) is 3.77. The Balaban J connectivity index is 2.83. The molecule has 5 heteroatoms. The second-order valence-electron chi connectivity index (χ2n) is 3.64. The van der Waals surface area contributed by atoms with E-state index in [9.17, 15) is 14.4 Å². The Bertz CT molecular complexity index is 287. The van der Waals surface area contributed by atoms with Crippen LogP contribution in [-0.4, -0.2) is 28.8 Å². The minimum atomic E-state index is -1.05. The van der Waals surface area contributed by atoms with Gasteiger partial charge in [-0.2, -0.15) is 0 Å². The van der Waals surface area contributed by atoms with E-state index in [1.54, 1.807) is 6.92 Å². The zero-order chi connectivity index (χ0) is 10.9. The number of carboxylic acid groups (broad SMARTS) is 1. The van der Waals surface area contributed by atoms with Crippen molar-refractivity contribution in [1.82, 2.24) is 5.32 Å². The van der Waals surface area contributed by atoms with Crippen molar-refractivity contribution in [3.63, 3.8) is 0 Å². The molecule has 1 aliphatic heterocycles. The van der Waals surface area contributed by atoms with Gasteiger partial charge in [0, 0.05) is 12.0 Å². The second-order valence-corrected chi connectivity index (χ2v) is 3.64. The molecule has 1 heterocycles. The summed E-state index contributed by atoms with van der Waals surface area (Å²) < 4.78 is 0. The molecule has 1 rings (SSSR count). The third kappa shape index (κ3) is 1.92. The number of hydrogen-bond acceptors (Lipinski definition) is 3. The number of carboxylic acids is 1. The van der Waals surface area contributed by atoms with Crippen LogP contribution in [0.3, 0.4) is 0 Å². The fourth-order valence-corrected chi connectivity index (χ4v) is 1.98. The predicted molar refractivity (Wildman–Crippen MR) is 47.5 cm³/mol. The fraction of sp³-hybridized carbons (Fsp3) is 0.667. The number of aliphatic carboxylic acids is 1. The Morgan fingerprint density at radius 1 is 1.50 bits per heavy atom. The average molecular weight is 199 g/mol. The van der Waals surface area contributed by atoms with Crippen molar-refractivity contribution >= 4 is 17.7 Å². The monoisotopic (exact) mass is 199 g/mol. The minimum Gasteiger partial charge on any atom is -0.481 e. The number of carbonyl (C=O) groups is 3. The summed E-state index contributed by atoms with van der Waals surface area (Å²) in [5, 5.41) is 11.2. The van der Waals surface area contributed by atoms with E-state index in [1.807, 2.05) is 0 Å². The quantitative estimate of drug-likeness (QED) is 0.659. The zero-order valence-corrected chi connectivity index (χ0v) is 8.11. The van der Waals surface area contributed by atoms with Gasteiger partial charge in [0.15, 0.2) is 0 Å². The first-order valence-electron chi connectivity index (χ1n) is 4.46. The van der Waals surface area contributed by atoms with Crippen LogP contribution in [0.4, 0.5) is 0 Å². The number of carbonyl (C=O) groups excluding carboxylic acids is 2. The SMILES string of the molecule is CC(=O)[C@H]1[C@H](CC(=O)O)C(=O)N[C@@H]1C. The van der Waals surface area contributed by atoms with Gasteiger partial charge in [0.05, 0.1) is 12.3 Å². The maximum absolute atomic E-state index is 11.3. The van der Waals surface area contributed by atoms with Crippen LogP contribution in [0.2, 0.25) is 0 Å². The Labute approximate surface area is 81.5 Å². The van der Waals surface area contributed by atoms with Gasteiger partial charge in [0.2, 0.25) is 5.91 Å². The van der Waals surface area contributed by atoms with E-state index in [4.69, 9.17) is 5.11 Å². The molecule has 0 spiro atoms. The average Bonchev–Trinajstić information content (AvgIpc) is 2.25. The number of nitrogens with one attached hydrogen (secondary N) is 1. The van der Waals surface area contributed by atoms with Crippen LogP contribution in [0.5, 0.6) is 0 Å². The molecule has 78 valence electrons. The van der Waals surface area contributed by atoms with E-state index in [0.717, 1.165) is 0 Å². The first kappa shape index (κ1) is 10.7. The lowest BCUT2D eigenvalue weighted by molar-refractivity contribution is -0.141. The van der Waals surface area contributed by atoms with Crippen molar-refractivity contribution in [2.45, 2.75) is 26.3 Å². The van der Waals surface area contributed by atoms with E-state index in [0.29, 0.717) is 0 Å². The molecule has 0 aromatic carbocycles. The Hall–Kier alpha value is -1.39. The van der Waals surface area contributed by atoms with Gasteiger partial charge in [0.25, 0.3) is 0 Å². The molecule has 1 fully saturated rings.